The standard InChI is InChI=1S/C52H62N2O8/c1-4-29-54(51(57)58-36-37-17-9-7-10-18-37)48-35-46(53-60-6-3)44-33-40(21-13-15-30-55)43(22-14-16-31-56)49-45-34-42(27-28-47(45)62-52(48,50(44)49)59-32-5-2)61-41-25-23-39(24-26-41)38-19-11-8-12-20-38/h5,7-12,17-20,23-28,33-34,40,43,48-50,55-56H,2,4,6,13-16,21-22,29-32,35-36H2,1,3H3. The lowest BCUT2D eigenvalue weighted by molar-refractivity contribution is -0.255. The van der Waals surface area contributed by atoms with Crippen LogP contribution >= 0.6 is 0 Å². The fraction of sp³-hybridized carbons (Fsp3) is 0.423. The van der Waals surface area contributed by atoms with Gasteiger partial charge in [-0.3, -0.25) is 4.90 Å². The number of hydrogen-bond acceptors (Lipinski definition) is 9. The maximum atomic E-state index is 14.5. The second kappa shape index (κ2) is 21.6. The molecule has 4 aromatic carbocycles. The maximum Gasteiger partial charge on any atom is 0.410 e. The summed E-state index contributed by atoms with van der Waals surface area (Å²) >= 11 is 0. The van der Waals surface area contributed by atoms with E-state index in [1.54, 1.807) is 11.0 Å². The van der Waals surface area contributed by atoms with Gasteiger partial charge < -0.3 is 34.0 Å². The third-order valence-electron chi connectivity index (χ3n) is 12.4. The van der Waals surface area contributed by atoms with Crippen molar-refractivity contribution in [2.75, 3.05) is 33.0 Å². The monoisotopic (exact) mass is 842 g/mol. The summed E-state index contributed by atoms with van der Waals surface area (Å²) in [4.78, 5) is 22.1. The molecule has 3 aliphatic rings. The second-order valence-electron chi connectivity index (χ2n) is 16.4. The molecule has 4 aromatic rings. The zero-order chi connectivity index (χ0) is 43.3. The molecule has 62 heavy (non-hydrogen) atoms. The molecule has 1 amide bonds. The molecule has 0 spiro atoms. The molecule has 1 fully saturated rings. The molecule has 0 aromatic heterocycles. The first-order valence-corrected chi connectivity index (χ1v) is 22.5. The van der Waals surface area contributed by atoms with E-state index in [2.05, 4.69) is 43.0 Å². The van der Waals surface area contributed by atoms with E-state index in [0.717, 1.165) is 59.2 Å². The van der Waals surface area contributed by atoms with E-state index in [0.29, 0.717) is 56.1 Å². The molecule has 6 atom stereocenters. The number of carbonyl (C=O) groups excluding carboxylic acids is 1. The number of aliphatic hydroxyl groups excluding tert-OH is 2. The molecule has 1 aliphatic heterocycles. The predicted octanol–water partition coefficient (Wildman–Crippen LogP) is 10.8. The molecule has 0 radical (unpaired) electrons. The van der Waals surface area contributed by atoms with Gasteiger partial charge in [-0.2, -0.15) is 0 Å². The Labute approximate surface area is 366 Å². The fourth-order valence-electron chi connectivity index (χ4n) is 9.75. The number of nitrogens with zero attached hydrogens (tertiary/aromatic N) is 2. The SMILES string of the molecule is C=CCOC12Oc3ccc(Oc4ccc(-c5ccccc5)cc4)cc3C3C(CCCCO)C(CCCCO)C=C(C(=NOCC)CC1N(CCC)C(=O)OCc1ccccc1)C32. The molecule has 10 nitrogen and oxygen atoms in total. The molecular weight excluding hydrogens is 781 g/mol. The van der Waals surface area contributed by atoms with Crippen LogP contribution in [0.3, 0.4) is 0 Å². The van der Waals surface area contributed by atoms with Gasteiger partial charge in [0.2, 0.25) is 5.79 Å². The Morgan fingerprint density at radius 2 is 1.58 bits per heavy atom. The molecule has 1 saturated carbocycles. The molecule has 0 saturated heterocycles. The Morgan fingerprint density at radius 3 is 2.27 bits per heavy atom. The van der Waals surface area contributed by atoms with Gasteiger partial charge in [0, 0.05) is 37.7 Å². The average molecular weight is 843 g/mol. The maximum absolute atomic E-state index is 14.5. The zero-order valence-electron chi connectivity index (χ0n) is 36.2. The number of hydrogen-bond donors (Lipinski definition) is 2. The van der Waals surface area contributed by atoms with Crippen LogP contribution in [0.25, 0.3) is 11.1 Å². The van der Waals surface area contributed by atoms with Crippen LogP contribution in [0, 0.1) is 17.8 Å². The van der Waals surface area contributed by atoms with Gasteiger partial charge in [0.15, 0.2) is 0 Å². The van der Waals surface area contributed by atoms with E-state index in [9.17, 15) is 15.0 Å². The number of benzene rings is 4. The molecule has 1 heterocycles. The van der Waals surface area contributed by atoms with Crippen LogP contribution in [0.4, 0.5) is 4.79 Å². The number of aliphatic hydroxyl groups is 2. The normalized spacial score (nSPS) is 23.0. The summed E-state index contributed by atoms with van der Waals surface area (Å²) in [5, 5.41) is 24.7. The largest absolute Gasteiger partial charge is 0.459 e. The molecule has 7 rings (SSSR count). The van der Waals surface area contributed by atoms with Crippen molar-refractivity contribution in [1.29, 1.82) is 0 Å². The van der Waals surface area contributed by atoms with E-state index in [1.165, 1.54) is 0 Å². The van der Waals surface area contributed by atoms with Gasteiger partial charge in [0.25, 0.3) is 0 Å². The smallest absolute Gasteiger partial charge is 0.410 e. The third kappa shape index (κ3) is 9.94. The van der Waals surface area contributed by atoms with Crippen LogP contribution in [-0.2, 0) is 20.9 Å². The van der Waals surface area contributed by atoms with Crippen molar-refractivity contribution in [2.24, 2.45) is 22.9 Å². The van der Waals surface area contributed by atoms with Crippen molar-refractivity contribution >= 4 is 11.8 Å². The molecular formula is C52H62N2O8. The third-order valence-corrected chi connectivity index (χ3v) is 12.4. The van der Waals surface area contributed by atoms with Crippen LogP contribution in [0.1, 0.15) is 82.3 Å². The van der Waals surface area contributed by atoms with Crippen LogP contribution < -0.4 is 9.47 Å². The van der Waals surface area contributed by atoms with Gasteiger partial charge in [-0.1, -0.05) is 110 Å². The number of amides is 1. The summed E-state index contributed by atoms with van der Waals surface area (Å²) in [5.41, 5.74) is 5.85. The van der Waals surface area contributed by atoms with E-state index < -0.39 is 23.8 Å². The molecule has 2 aliphatic carbocycles. The summed E-state index contributed by atoms with van der Waals surface area (Å²) < 4.78 is 27.1. The van der Waals surface area contributed by atoms with Gasteiger partial charge in [0.1, 0.15) is 36.5 Å². The quantitative estimate of drug-likeness (QED) is 0.0484. The Hall–Kier alpha value is -5.42. The van der Waals surface area contributed by atoms with Crippen molar-refractivity contribution in [2.45, 2.75) is 89.6 Å². The van der Waals surface area contributed by atoms with Crippen LogP contribution in [-0.4, -0.2) is 71.7 Å². The summed E-state index contributed by atoms with van der Waals surface area (Å²) in [6.07, 6.45) is 9.32. The predicted molar refractivity (Wildman–Crippen MR) is 242 cm³/mol. The number of fused-ring (bicyclic) bond motifs is 2. The summed E-state index contributed by atoms with van der Waals surface area (Å²) in [6.45, 7) is 9.30. The van der Waals surface area contributed by atoms with Gasteiger partial charge >= 0.3 is 6.09 Å². The van der Waals surface area contributed by atoms with Gasteiger partial charge in [-0.05, 0) is 103 Å². The van der Waals surface area contributed by atoms with Gasteiger partial charge in [0.05, 0.1) is 18.2 Å². The zero-order valence-corrected chi connectivity index (χ0v) is 36.2. The van der Waals surface area contributed by atoms with E-state index in [-0.39, 0.29) is 44.2 Å². The fourth-order valence-corrected chi connectivity index (χ4v) is 9.75. The number of carbonyl (C=O) groups is 1. The van der Waals surface area contributed by atoms with E-state index >= 15 is 0 Å². The first kappa shape index (κ1) is 44.6. The minimum absolute atomic E-state index is 0.0838. The Kier molecular flexibility index (Phi) is 15.5. The number of ether oxygens (including phenoxy) is 4. The molecule has 10 heteroatoms. The number of unbranched alkanes of at least 4 members (excludes halogenated alkanes) is 2. The molecule has 328 valence electrons. The minimum atomic E-state index is -1.37. The summed E-state index contributed by atoms with van der Waals surface area (Å²) in [6, 6.07) is 33.4. The number of oxime groups is 1. The topological polar surface area (TPSA) is 119 Å². The first-order valence-electron chi connectivity index (χ1n) is 22.5. The highest BCUT2D eigenvalue weighted by Gasteiger charge is 2.65. The van der Waals surface area contributed by atoms with Crippen molar-refractivity contribution in [3.8, 4) is 28.4 Å². The summed E-state index contributed by atoms with van der Waals surface area (Å²) in [7, 11) is 0. The molecule has 2 N–H and O–H groups in total. The highest BCUT2D eigenvalue weighted by atomic mass is 16.7. The highest BCUT2D eigenvalue weighted by molar-refractivity contribution is 6.03. The van der Waals surface area contributed by atoms with Crippen molar-refractivity contribution in [3.05, 3.63) is 139 Å². The summed E-state index contributed by atoms with van der Waals surface area (Å²) in [5.74, 6) is 0.268. The molecule has 0 bridgehead atoms. The van der Waals surface area contributed by atoms with Crippen LogP contribution in [0.5, 0.6) is 17.2 Å². The lowest BCUT2D eigenvalue weighted by atomic mass is 9.55. The Balaban J connectivity index is 1.37. The minimum Gasteiger partial charge on any atom is -0.459 e. The lowest BCUT2D eigenvalue weighted by Crippen LogP contribution is -2.70. The van der Waals surface area contributed by atoms with Crippen molar-refractivity contribution in [1.82, 2.24) is 4.90 Å². The number of rotatable bonds is 21. The highest BCUT2D eigenvalue weighted by Crippen LogP contribution is 2.62. The van der Waals surface area contributed by atoms with Gasteiger partial charge in [-0.15, -0.1) is 6.58 Å². The van der Waals surface area contributed by atoms with Crippen molar-refractivity contribution < 1.29 is 38.8 Å². The van der Waals surface area contributed by atoms with Crippen LogP contribution in [0.15, 0.2) is 133 Å². The van der Waals surface area contributed by atoms with Gasteiger partial charge in [-0.25, -0.2) is 4.79 Å². The van der Waals surface area contributed by atoms with E-state index in [1.807, 2.05) is 86.6 Å². The van der Waals surface area contributed by atoms with E-state index in [4.69, 9.17) is 28.9 Å². The van der Waals surface area contributed by atoms with Crippen LogP contribution in [0.2, 0.25) is 0 Å². The Morgan fingerprint density at radius 1 is 0.887 bits per heavy atom. The molecule has 6 unspecified atom stereocenters. The Bertz CT molecular complexity index is 2120. The second-order valence-corrected chi connectivity index (χ2v) is 16.4. The first-order chi connectivity index (χ1) is 30.4. The number of allylic oxidation sites excluding steroid dienone is 1. The van der Waals surface area contributed by atoms with Crippen molar-refractivity contribution in [3.63, 3.8) is 0 Å². The average Bonchev–Trinajstić information content (AvgIpc) is 3.31. The lowest BCUT2D eigenvalue weighted by Gasteiger charge is -2.59.